The Morgan fingerprint density at radius 2 is 1.68 bits per heavy atom. The molecule has 0 heterocycles. The molecule has 0 aromatic heterocycles. The highest BCUT2D eigenvalue weighted by Crippen LogP contribution is 2.24. The van der Waals surface area contributed by atoms with Gasteiger partial charge in [-0.05, 0) is 37.3 Å². The Kier molecular flexibility index (Phi) is 4.46. The van der Waals surface area contributed by atoms with Crippen LogP contribution in [0.4, 0.5) is 15.8 Å². The molecule has 5 nitrogen and oxygen atoms in total. The molecule has 0 radical (unpaired) electrons. The summed E-state index contributed by atoms with van der Waals surface area (Å²) in [5.74, 6) is -1.04. The number of sulfonamides is 1. The predicted molar refractivity (Wildman–Crippen MR) is 84.0 cm³/mol. The van der Waals surface area contributed by atoms with Crippen LogP contribution >= 0.6 is 0 Å². The van der Waals surface area contributed by atoms with E-state index in [0.717, 1.165) is 24.0 Å². The van der Waals surface area contributed by atoms with Gasteiger partial charge < -0.3 is 5.32 Å². The molecule has 1 amide bonds. The van der Waals surface area contributed by atoms with Crippen molar-refractivity contribution in [2.45, 2.75) is 6.92 Å². The third-order valence-corrected chi connectivity index (χ3v) is 3.43. The second-order valence-corrected chi connectivity index (χ2v) is 6.63. The second-order valence-electron chi connectivity index (χ2n) is 4.88. The van der Waals surface area contributed by atoms with E-state index >= 15 is 0 Å². The quantitative estimate of drug-likeness (QED) is 0.909. The number of rotatable bonds is 4. The van der Waals surface area contributed by atoms with E-state index in [9.17, 15) is 17.6 Å². The molecule has 0 aliphatic carbocycles. The number of halogens is 1. The van der Waals surface area contributed by atoms with Crippen molar-refractivity contribution < 1.29 is 17.6 Å². The van der Waals surface area contributed by atoms with Crippen molar-refractivity contribution in [3.05, 3.63) is 59.4 Å². The number of hydrogen-bond donors (Lipinski definition) is 2. The van der Waals surface area contributed by atoms with Crippen LogP contribution in [-0.2, 0) is 10.0 Å². The van der Waals surface area contributed by atoms with Gasteiger partial charge in [-0.1, -0.05) is 17.7 Å². The normalized spacial score (nSPS) is 11.0. The Morgan fingerprint density at radius 3 is 2.27 bits per heavy atom. The van der Waals surface area contributed by atoms with Gasteiger partial charge in [0.15, 0.2) is 0 Å². The zero-order valence-electron chi connectivity index (χ0n) is 12.1. The molecule has 0 saturated carbocycles. The minimum atomic E-state index is -3.54. The molecule has 0 fully saturated rings. The molecule has 2 rings (SSSR count). The van der Waals surface area contributed by atoms with Crippen LogP contribution in [0.25, 0.3) is 0 Å². The van der Waals surface area contributed by atoms with E-state index in [1.54, 1.807) is 24.3 Å². The van der Waals surface area contributed by atoms with Gasteiger partial charge in [0.25, 0.3) is 5.91 Å². The number of amides is 1. The summed E-state index contributed by atoms with van der Waals surface area (Å²) in [4.78, 5) is 12.1. The molecule has 0 atom stereocenters. The first-order valence-electron chi connectivity index (χ1n) is 6.40. The standard InChI is InChI=1S/C15H15FN2O3S/c1-10-3-5-11(6-4-10)15(19)17-14-9-12(16)7-8-13(14)18-22(2,20)21/h3-9,18H,1-2H3,(H,17,19). The Labute approximate surface area is 128 Å². The molecular weight excluding hydrogens is 307 g/mol. The molecular formula is C15H15FN2O3S. The van der Waals surface area contributed by atoms with Crippen LogP contribution in [0, 0.1) is 12.7 Å². The third-order valence-electron chi connectivity index (χ3n) is 2.84. The molecule has 2 aromatic rings. The average molecular weight is 322 g/mol. The lowest BCUT2D eigenvalue weighted by Crippen LogP contribution is -2.16. The first-order valence-corrected chi connectivity index (χ1v) is 8.29. The number of benzene rings is 2. The predicted octanol–water partition coefficient (Wildman–Crippen LogP) is 2.76. The van der Waals surface area contributed by atoms with Gasteiger partial charge in [0.2, 0.25) is 10.0 Å². The van der Waals surface area contributed by atoms with Crippen LogP contribution < -0.4 is 10.0 Å². The van der Waals surface area contributed by atoms with Crippen LogP contribution in [0.1, 0.15) is 15.9 Å². The van der Waals surface area contributed by atoms with Crippen LogP contribution in [0.15, 0.2) is 42.5 Å². The van der Waals surface area contributed by atoms with E-state index in [1.165, 1.54) is 6.07 Å². The number of anilines is 2. The first-order chi connectivity index (χ1) is 10.2. The maximum absolute atomic E-state index is 13.4. The van der Waals surface area contributed by atoms with E-state index in [2.05, 4.69) is 10.0 Å². The summed E-state index contributed by atoms with van der Waals surface area (Å²) >= 11 is 0. The summed E-state index contributed by atoms with van der Waals surface area (Å²) in [6.07, 6.45) is 0.974. The molecule has 116 valence electrons. The molecule has 0 unspecified atom stereocenters. The lowest BCUT2D eigenvalue weighted by atomic mass is 10.1. The first kappa shape index (κ1) is 16.0. The lowest BCUT2D eigenvalue weighted by molar-refractivity contribution is 0.102. The number of aryl methyl sites for hydroxylation is 1. The highest BCUT2D eigenvalue weighted by atomic mass is 32.2. The van der Waals surface area contributed by atoms with Crippen molar-refractivity contribution in [2.75, 3.05) is 16.3 Å². The van der Waals surface area contributed by atoms with Crippen molar-refractivity contribution in [3.63, 3.8) is 0 Å². The molecule has 0 saturated heterocycles. The van der Waals surface area contributed by atoms with E-state index in [0.29, 0.717) is 5.56 Å². The summed E-state index contributed by atoms with van der Waals surface area (Å²) in [6, 6.07) is 10.2. The maximum Gasteiger partial charge on any atom is 0.255 e. The molecule has 0 aliphatic rings. The molecule has 22 heavy (non-hydrogen) atoms. The molecule has 0 bridgehead atoms. The smallest absolute Gasteiger partial charge is 0.255 e. The average Bonchev–Trinajstić information content (AvgIpc) is 2.41. The minimum Gasteiger partial charge on any atom is -0.320 e. The second kappa shape index (κ2) is 6.15. The van der Waals surface area contributed by atoms with Gasteiger partial charge in [-0.15, -0.1) is 0 Å². The van der Waals surface area contributed by atoms with E-state index in [1.807, 2.05) is 6.92 Å². The summed E-state index contributed by atoms with van der Waals surface area (Å²) < 4.78 is 38.2. The highest BCUT2D eigenvalue weighted by molar-refractivity contribution is 7.92. The van der Waals surface area contributed by atoms with Crippen molar-refractivity contribution in [2.24, 2.45) is 0 Å². The number of hydrogen-bond acceptors (Lipinski definition) is 3. The fourth-order valence-corrected chi connectivity index (χ4v) is 2.39. The van der Waals surface area contributed by atoms with Gasteiger partial charge in [-0.25, -0.2) is 12.8 Å². The van der Waals surface area contributed by atoms with Gasteiger partial charge in [0.05, 0.1) is 17.6 Å². The van der Waals surface area contributed by atoms with Crippen LogP contribution in [-0.4, -0.2) is 20.6 Å². The van der Waals surface area contributed by atoms with Crippen molar-refractivity contribution in [3.8, 4) is 0 Å². The Balaban J connectivity index is 2.29. The minimum absolute atomic E-state index is 0.0519. The zero-order valence-corrected chi connectivity index (χ0v) is 12.9. The topological polar surface area (TPSA) is 75.3 Å². The molecule has 7 heteroatoms. The number of nitrogens with one attached hydrogen (secondary N) is 2. The van der Waals surface area contributed by atoms with Gasteiger partial charge in [-0.3, -0.25) is 9.52 Å². The van der Waals surface area contributed by atoms with Crippen LogP contribution in [0.5, 0.6) is 0 Å². The fourth-order valence-electron chi connectivity index (χ4n) is 1.81. The summed E-state index contributed by atoms with van der Waals surface area (Å²) in [6.45, 7) is 1.89. The van der Waals surface area contributed by atoms with Gasteiger partial charge in [-0.2, -0.15) is 0 Å². The van der Waals surface area contributed by atoms with Crippen molar-refractivity contribution in [1.82, 2.24) is 0 Å². The molecule has 2 N–H and O–H groups in total. The Morgan fingerprint density at radius 1 is 1.05 bits per heavy atom. The zero-order chi connectivity index (χ0) is 16.3. The Bertz CT molecular complexity index is 802. The van der Waals surface area contributed by atoms with Gasteiger partial charge in [0.1, 0.15) is 5.82 Å². The Hall–Kier alpha value is -2.41. The molecule has 2 aromatic carbocycles. The van der Waals surface area contributed by atoms with Crippen LogP contribution in [0.2, 0.25) is 0 Å². The largest absolute Gasteiger partial charge is 0.320 e. The lowest BCUT2D eigenvalue weighted by Gasteiger charge is -2.12. The third kappa shape index (κ3) is 4.29. The monoisotopic (exact) mass is 322 g/mol. The van der Waals surface area contributed by atoms with Crippen molar-refractivity contribution >= 4 is 27.3 Å². The fraction of sp³-hybridized carbons (Fsp3) is 0.133. The molecule has 0 aliphatic heterocycles. The maximum atomic E-state index is 13.4. The van der Waals surface area contributed by atoms with Crippen LogP contribution in [0.3, 0.4) is 0 Å². The molecule has 0 spiro atoms. The SMILES string of the molecule is Cc1ccc(C(=O)Nc2cc(F)ccc2NS(C)(=O)=O)cc1. The van der Waals surface area contributed by atoms with E-state index in [4.69, 9.17) is 0 Å². The number of carbonyl (C=O) groups is 1. The number of carbonyl (C=O) groups excluding carboxylic acids is 1. The van der Waals surface area contributed by atoms with Gasteiger partial charge >= 0.3 is 0 Å². The van der Waals surface area contributed by atoms with Crippen molar-refractivity contribution in [1.29, 1.82) is 0 Å². The highest BCUT2D eigenvalue weighted by Gasteiger charge is 2.12. The summed E-state index contributed by atoms with van der Waals surface area (Å²) in [5.41, 5.74) is 1.54. The summed E-state index contributed by atoms with van der Waals surface area (Å²) in [5, 5.41) is 2.50. The van der Waals surface area contributed by atoms with Gasteiger partial charge in [0, 0.05) is 5.56 Å². The van der Waals surface area contributed by atoms with E-state index in [-0.39, 0.29) is 11.4 Å². The van der Waals surface area contributed by atoms with E-state index < -0.39 is 21.7 Å². The summed E-state index contributed by atoms with van der Waals surface area (Å²) in [7, 11) is -3.54.